The van der Waals surface area contributed by atoms with E-state index < -0.39 is 5.91 Å². The Bertz CT molecular complexity index is 993. The van der Waals surface area contributed by atoms with E-state index in [0.29, 0.717) is 22.1 Å². The topological polar surface area (TPSA) is 74.7 Å². The van der Waals surface area contributed by atoms with E-state index in [9.17, 15) is 4.79 Å². The molecule has 0 fully saturated rings. The van der Waals surface area contributed by atoms with E-state index in [4.69, 9.17) is 21.5 Å². The van der Waals surface area contributed by atoms with Gasteiger partial charge in [-0.25, -0.2) is 5.48 Å². The van der Waals surface area contributed by atoms with Crippen LogP contribution < -0.4 is 15.1 Å². The van der Waals surface area contributed by atoms with Crippen LogP contribution in [0.4, 0.5) is 11.4 Å². The number of hydrogen-bond acceptors (Lipinski definition) is 5. The summed E-state index contributed by atoms with van der Waals surface area (Å²) in [5.41, 5.74) is 4.00. The minimum absolute atomic E-state index is 0.535. The van der Waals surface area contributed by atoms with Gasteiger partial charge in [0.1, 0.15) is 11.5 Å². The Morgan fingerprint density at radius 1 is 1.18 bits per heavy atom. The summed E-state index contributed by atoms with van der Waals surface area (Å²) in [6.07, 6.45) is 6.24. The maximum absolute atomic E-state index is 11.4. The summed E-state index contributed by atoms with van der Waals surface area (Å²) in [5, 5.41) is 9.29. The second-order valence-electron chi connectivity index (χ2n) is 5.86. The molecular formula is C21H18ClN3O3. The van der Waals surface area contributed by atoms with Gasteiger partial charge >= 0.3 is 0 Å². The average molecular weight is 396 g/mol. The van der Waals surface area contributed by atoms with Gasteiger partial charge in [0, 0.05) is 35.6 Å². The predicted molar refractivity (Wildman–Crippen MR) is 109 cm³/mol. The molecule has 2 N–H and O–H groups in total. The number of carbonyl (C=O) groups excluding carboxylic acids is 1. The third-order valence-corrected chi connectivity index (χ3v) is 4.20. The fourth-order valence-corrected chi connectivity index (χ4v) is 2.71. The maximum Gasteiger partial charge on any atom is 0.267 e. The second-order valence-corrected chi connectivity index (χ2v) is 6.30. The van der Waals surface area contributed by atoms with E-state index in [2.05, 4.69) is 4.98 Å². The van der Waals surface area contributed by atoms with Crippen LogP contribution in [-0.2, 0) is 4.79 Å². The lowest BCUT2D eigenvalue weighted by Gasteiger charge is -2.20. The molecule has 6 nitrogen and oxygen atoms in total. The molecule has 28 heavy (non-hydrogen) atoms. The molecule has 0 aliphatic rings. The number of hydrogen-bond donors (Lipinski definition) is 2. The highest BCUT2D eigenvalue weighted by atomic mass is 35.5. The van der Waals surface area contributed by atoms with Crippen LogP contribution in [-0.4, -0.2) is 23.1 Å². The molecule has 0 atom stereocenters. The normalized spacial score (nSPS) is 10.7. The summed E-state index contributed by atoms with van der Waals surface area (Å²) in [4.78, 5) is 17.5. The minimum atomic E-state index is -0.639. The van der Waals surface area contributed by atoms with Gasteiger partial charge in [-0.3, -0.25) is 15.0 Å². The zero-order valence-electron chi connectivity index (χ0n) is 15.0. The highest BCUT2D eigenvalue weighted by Crippen LogP contribution is 2.33. The van der Waals surface area contributed by atoms with Gasteiger partial charge in [0.25, 0.3) is 5.91 Å². The van der Waals surface area contributed by atoms with Gasteiger partial charge in [0.2, 0.25) is 0 Å². The van der Waals surface area contributed by atoms with Gasteiger partial charge < -0.3 is 9.64 Å². The van der Waals surface area contributed by atoms with Crippen molar-refractivity contribution in [3.8, 4) is 11.5 Å². The summed E-state index contributed by atoms with van der Waals surface area (Å²) >= 11 is 6.02. The van der Waals surface area contributed by atoms with E-state index in [1.54, 1.807) is 54.3 Å². The number of pyridine rings is 1. The standard InChI is InChI=1S/C21H18ClN3O3/c1-25(18-5-3-11-23-14-18)17-8-9-20(15(12-17)7-10-21(26)24-27)28-19-6-2-4-16(22)13-19/h2-14,27H,1H3,(H,24,26)/b10-7+. The number of hydroxylamine groups is 1. The molecule has 1 heterocycles. The number of aromatic nitrogens is 1. The van der Waals surface area contributed by atoms with Crippen molar-refractivity contribution in [3.63, 3.8) is 0 Å². The second kappa shape index (κ2) is 9.03. The first-order valence-corrected chi connectivity index (χ1v) is 8.78. The number of nitrogens with zero attached hydrogens (tertiary/aromatic N) is 2. The summed E-state index contributed by atoms with van der Waals surface area (Å²) in [5.74, 6) is 0.467. The summed E-state index contributed by atoms with van der Waals surface area (Å²) in [6.45, 7) is 0. The molecule has 0 aliphatic carbocycles. The molecule has 1 amide bonds. The number of nitrogens with one attached hydrogen (secondary N) is 1. The Kier molecular flexibility index (Phi) is 6.26. The molecule has 1 aromatic heterocycles. The summed E-state index contributed by atoms with van der Waals surface area (Å²) in [6, 6.07) is 16.4. The first kappa shape index (κ1) is 19.4. The van der Waals surface area contributed by atoms with Crippen molar-refractivity contribution in [2.45, 2.75) is 0 Å². The smallest absolute Gasteiger partial charge is 0.267 e. The Morgan fingerprint density at radius 2 is 2.04 bits per heavy atom. The highest BCUT2D eigenvalue weighted by molar-refractivity contribution is 6.30. The van der Waals surface area contributed by atoms with Gasteiger partial charge in [0.15, 0.2) is 0 Å². The fourth-order valence-electron chi connectivity index (χ4n) is 2.53. The minimum Gasteiger partial charge on any atom is -0.457 e. The van der Waals surface area contributed by atoms with E-state index >= 15 is 0 Å². The van der Waals surface area contributed by atoms with Crippen molar-refractivity contribution in [2.75, 3.05) is 11.9 Å². The zero-order valence-corrected chi connectivity index (χ0v) is 15.8. The van der Waals surface area contributed by atoms with Crippen molar-refractivity contribution in [1.82, 2.24) is 10.5 Å². The van der Waals surface area contributed by atoms with Crippen LogP contribution in [0.5, 0.6) is 11.5 Å². The molecule has 142 valence electrons. The SMILES string of the molecule is CN(c1cccnc1)c1ccc(Oc2cccc(Cl)c2)c(/C=C/C(=O)NO)c1. The molecule has 3 aromatic rings. The van der Waals surface area contributed by atoms with Crippen molar-refractivity contribution >= 4 is 35.0 Å². The Labute approximate surface area is 167 Å². The molecule has 0 unspecified atom stereocenters. The largest absolute Gasteiger partial charge is 0.457 e. The van der Waals surface area contributed by atoms with E-state index in [0.717, 1.165) is 11.4 Å². The predicted octanol–water partition coefficient (Wildman–Crippen LogP) is 4.81. The Hall–Kier alpha value is -3.35. The van der Waals surface area contributed by atoms with E-state index in [1.807, 2.05) is 36.2 Å². The quantitative estimate of drug-likeness (QED) is 0.356. The molecule has 3 rings (SSSR count). The summed E-state index contributed by atoms with van der Waals surface area (Å²) < 4.78 is 5.94. The highest BCUT2D eigenvalue weighted by Gasteiger charge is 2.10. The number of rotatable bonds is 6. The third kappa shape index (κ3) is 4.88. The number of anilines is 2. The van der Waals surface area contributed by atoms with Crippen LogP contribution in [0, 0.1) is 0 Å². The van der Waals surface area contributed by atoms with Crippen LogP contribution in [0.1, 0.15) is 5.56 Å². The van der Waals surface area contributed by atoms with Crippen molar-refractivity contribution in [3.05, 3.63) is 83.7 Å². The summed E-state index contributed by atoms with van der Waals surface area (Å²) in [7, 11) is 1.91. The lowest BCUT2D eigenvalue weighted by Crippen LogP contribution is -2.14. The molecule has 7 heteroatoms. The molecule has 0 saturated heterocycles. The zero-order chi connectivity index (χ0) is 19.9. The molecule has 0 aliphatic heterocycles. The number of amides is 1. The van der Waals surface area contributed by atoms with E-state index in [-0.39, 0.29) is 0 Å². The van der Waals surface area contributed by atoms with Crippen LogP contribution in [0.2, 0.25) is 5.02 Å². The molecule has 0 bridgehead atoms. The van der Waals surface area contributed by atoms with Gasteiger partial charge in [-0.05, 0) is 54.6 Å². The van der Waals surface area contributed by atoms with Crippen molar-refractivity contribution in [2.24, 2.45) is 0 Å². The van der Waals surface area contributed by atoms with Crippen molar-refractivity contribution < 1.29 is 14.7 Å². The van der Waals surface area contributed by atoms with Crippen molar-refractivity contribution in [1.29, 1.82) is 0 Å². The van der Waals surface area contributed by atoms with E-state index in [1.165, 1.54) is 6.08 Å². The monoisotopic (exact) mass is 395 g/mol. The average Bonchev–Trinajstić information content (AvgIpc) is 2.73. The van der Waals surface area contributed by atoms with Crippen LogP contribution in [0.15, 0.2) is 73.1 Å². The molecular weight excluding hydrogens is 378 g/mol. The van der Waals surface area contributed by atoms with Crippen LogP contribution in [0.3, 0.4) is 0 Å². The lowest BCUT2D eigenvalue weighted by molar-refractivity contribution is -0.124. The number of ether oxygens (including phenoxy) is 1. The fraction of sp³-hybridized carbons (Fsp3) is 0.0476. The van der Waals surface area contributed by atoms with Gasteiger partial charge in [0.05, 0.1) is 11.9 Å². The van der Waals surface area contributed by atoms with Gasteiger partial charge in [-0.1, -0.05) is 17.7 Å². The lowest BCUT2D eigenvalue weighted by atomic mass is 10.1. The number of halogens is 1. The molecule has 0 saturated carbocycles. The molecule has 0 radical (unpaired) electrons. The third-order valence-electron chi connectivity index (χ3n) is 3.96. The first-order valence-electron chi connectivity index (χ1n) is 8.40. The molecule has 2 aromatic carbocycles. The Balaban J connectivity index is 1.97. The van der Waals surface area contributed by atoms with Gasteiger partial charge in [-0.15, -0.1) is 0 Å². The maximum atomic E-state index is 11.4. The molecule has 0 spiro atoms. The Morgan fingerprint density at radius 3 is 2.75 bits per heavy atom. The first-order chi connectivity index (χ1) is 13.6. The van der Waals surface area contributed by atoms with Gasteiger partial charge in [-0.2, -0.15) is 0 Å². The van der Waals surface area contributed by atoms with Crippen LogP contribution in [0.25, 0.3) is 6.08 Å². The number of benzene rings is 2. The number of carbonyl (C=O) groups is 1. The van der Waals surface area contributed by atoms with Crippen LogP contribution >= 0.6 is 11.6 Å².